The van der Waals surface area contributed by atoms with Crippen LogP contribution in [0.1, 0.15) is 50.0 Å². The van der Waals surface area contributed by atoms with Crippen LogP contribution in [0.4, 0.5) is 0 Å². The predicted molar refractivity (Wildman–Crippen MR) is 120 cm³/mol. The summed E-state index contributed by atoms with van der Waals surface area (Å²) in [6.07, 6.45) is 6.59. The normalized spacial score (nSPS) is 26.5. The third-order valence-electron chi connectivity index (χ3n) is 6.77. The third kappa shape index (κ3) is 4.19. The molecule has 32 heavy (non-hydrogen) atoms. The van der Waals surface area contributed by atoms with E-state index in [1.54, 1.807) is 17.1 Å². The first-order valence-corrected chi connectivity index (χ1v) is 11.5. The predicted octanol–water partition coefficient (Wildman–Crippen LogP) is 2.05. The van der Waals surface area contributed by atoms with Crippen molar-refractivity contribution in [2.45, 2.75) is 68.7 Å². The second-order valence-electron chi connectivity index (χ2n) is 8.75. The zero-order valence-electron chi connectivity index (χ0n) is 18.3. The summed E-state index contributed by atoms with van der Waals surface area (Å²) in [5.74, 6) is -0.129. The first-order chi connectivity index (χ1) is 15.6. The average Bonchev–Trinajstić information content (AvgIpc) is 3.46. The van der Waals surface area contributed by atoms with Crippen LogP contribution in [0.2, 0.25) is 0 Å². The highest BCUT2D eigenvalue weighted by Gasteiger charge is 2.51. The van der Waals surface area contributed by atoms with Gasteiger partial charge in [-0.1, -0.05) is 37.1 Å². The lowest BCUT2D eigenvalue weighted by atomic mass is 9.77. The van der Waals surface area contributed by atoms with E-state index in [-0.39, 0.29) is 31.0 Å². The Morgan fingerprint density at radius 3 is 2.72 bits per heavy atom. The van der Waals surface area contributed by atoms with Gasteiger partial charge in [-0.05, 0) is 31.4 Å². The van der Waals surface area contributed by atoms with Crippen LogP contribution in [0, 0.1) is 0 Å². The van der Waals surface area contributed by atoms with Gasteiger partial charge in [0, 0.05) is 30.1 Å². The van der Waals surface area contributed by atoms with Crippen LogP contribution in [0.25, 0.3) is 0 Å². The quantitative estimate of drug-likeness (QED) is 0.538. The van der Waals surface area contributed by atoms with Crippen LogP contribution >= 0.6 is 0 Å². The summed E-state index contributed by atoms with van der Waals surface area (Å²) in [5.41, 5.74) is 1.33. The van der Waals surface area contributed by atoms with Crippen molar-refractivity contribution in [2.24, 2.45) is 0 Å². The fourth-order valence-corrected chi connectivity index (χ4v) is 5.31. The molecular formula is C25H32N2O5. The zero-order valence-corrected chi connectivity index (χ0v) is 18.3. The Bertz CT molecular complexity index is 892. The Morgan fingerprint density at radius 2 is 2.00 bits per heavy atom. The number of aliphatic hydroxyl groups is 2. The van der Waals surface area contributed by atoms with Crippen LogP contribution in [0.15, 0.2) is 48.6 Å². The van der Waals surface area contributed by atoms with E-state index in [4.69, 9.17) is 4.74 Å². The van der Waals surface area contributed by atoms with Crippen molar-refractivity contribution in [1.82, 2.24) is 10.2 Å². The maximum Gasteiger partial charge on any atom is 0.247 e. The van der Waals surface area contributed by atoms with Crippen molar-refractivity contribution < 1.29 is 24.5 Å². The first-order valence-electron chi connectivity index (χ1n) is 11.5. The van der Waals surface area contributed by atoms with Gasteiger partial charge in [-0.25, -0.2) is 0 Å². The van der Waals surface area contributed by atoms with Gasteiger partial charge in [-0.2, -0.15) is 0 Å². The number of carbonyl (C=O) groups excluding carboxylic acids is 2. The minimum absolute atomic E-state index is 0.0327. The highest BCUT2D eigenvalue weighted by atomic mass is 16.5. The fraction of sp³-hybridized carbons (Fsp3) is 0.520. The van der Waals surface area contributed by atoms with Crippen molar-refractivity contribution in [3.63, 3.8) is 0 Å². The molecule has 2 amide bonds. The van der Waals surface area contributed by atoms with Gasteiger partial charge in [-0.3, -0.25) is 9.59 Å². The highest BCUT2D eigenvalue weighted by molar-refractivity contribution is 5.96. The van der Waals surface area contributed by atoms with Gasteiger partial charge < -0.3 is 25.2 Å². The number of para-hydroxylation sites is 1. The van der Waals surface area contributed by atoms with E-state index in [1.807, 2.05) is 24.3 Å². The van der Waals surface area contributed by atoms with Crippen molar-refractivity contribution in [1.29, 1.82) is 0 Å². The molecule has 3 aliphatic rings. The van der Waals surface area contributed by atoms with E-state index in [1.165, 1.54) is 0 Å². The maximum absolute atomic E-state index is 13.3. The molecule has 0 bridgehead atoms. The number of allylic oxidation sites excluding steroid dienone is 1. The summed E-state index contributed by atoms with van der Waals surface area (Å²) in [7, 11) is 0. The number of aliphatic hydroxyl groups excluding tert-OH is 2. The average molecular weight is 441 g/mol. The van der Waals surface area contributed by atoms with Crippen LogP contribution in [0.5, 0.6) is 5.75 Å². The second-order valence-corrected chi connectivity index (χ2v) is 8.75. The van der Waals surface area contributed by atoms with E-state index in [9.17, 15) is 19.8 Å². The molecule has 0 spiro atoms. The van der Waals surface area contributed by atoms with Gasteiger partial charge in [0.25, 0.3) is 0 Å². The number of benzene rings is 1. The first kappa shape index (κ1) is 22.6. The Labute approximate surface area is 188 Å². The highest BCUT2D eigenvalue weighted by Crippen LogP contribution is 2.47. The van der Waals surface area contributed by atoms with Gasteiger partial charge in [-0.15, -0.1) is 6.58 Å². The molecule has 1 heterocycles. The van der Waals surface area contributed by atoms with Gasteiger partial charge in [0.1, 0.15) is 18.0 Å². The molecular weight excluding hydrogens is 408 g/mol. The second kappa shape index (κ2) is 9.88. The number of fused-ring (bicyclic) bond motifs is 3. The molecule has 4 rings (SSSR count). The number of nitrogens with one attached hydrogen (secondary N) is 1. The monoisotopic (exact) mass is 440 g/mol. The van der Waals surface area contributed by atoms with E-state index in [2.05, 4.69) is 11.9 Å². The van der Waals surface area contributed by atoms with E-state index in [0.29, 0.717) is 24.2 Å². The standard InChI is InChI=1S/C25H32N2O5/c1-2-3-12-21(29)27(16-8-4-5-9-16)19-15-18(25(31)26-13-14-28)22-17-10-6-7-11-20(17)32-24(22)23(19)30/h2,6-7,10-11,15-16,19,22-24,28,30H,1,3-5,8-9,12-14H2,(H,26,31). The molecule has 1 fully saturated rings. The van der Waals surface area contributed by atoms with Crippen LogP contribution < -0.4 is 10.1 Å². The largest absolute Gasteiger partial charge is 0.486 e. The molecule has 1 aliphatic heterocycles. The third-order valence-corrected chi connectivity index (χ3v) is 6.77. The molecule has 0 radical (unpaired) electrons. The van der Waals surface area contributed by atoms with Crippen LogP contribution in [-0.4, -0.2) is 64.4 Å². The molecule has 7 heteroatoms. The molecule has 2 aliphatic carbocycles. The summed E-state index contributed by atoms with van der Waals surface area (Å²) in [6, 6.07) is 6.87. The number of nitrogens with zero attached hydrogens (tertiary/aromatic N) is 1. The topological polar surface area (TPSA) is 99.1 Å². The number of rotatable bonds is 8. The minimum atomic E-state index is -0.963. The molecule has 1 aromatic carbocycles. The zero-order chi connectivity index (χ0) is 22.7. The lowest BCUT2D eigenvalue weighted by Gasteiger charge is -2.43. The number of amides is 2. The number of hydrogen-bond acceptors (Lipinski definition) is 5. The minimum Gasteiger partial charge on any atom is -0.486 e. The fourth-order valence-electron chi connectivity index (χ4n) is 5.31. The van der Waals surface area contributed by atoms with Gasteiger partial charge in [0.05, 0.1) is 18.6 Å². The molecule has 0 aromatic heterocycles. The van der Waals surface area contributed by atoms with Crippen molar-refractivity contribution in [3.05, 3.63) is 54.1 Å². The smallest absolute Gasteiger partial charge is 0.247 e. The summed E-state index contributed by atoms with van der Waals surface area (Å²) < 4.78 is 6.14. The lowest BCUT2D eigenvalue weighted by Crippen LogP contribution is -2.58. The maximum atomic E-state index is 13.3. The van der Waals surface area contributed by atoms with Crippen LogP contribution in [0.3, 0.4) is 0 Å². The molecule has 172 valence electrons. The Balaban J connectivity index is 1.74. The van der Waals surface area contributed by atoms with Crippen molar-refractivity contribution in [3.8, 4) is 5.75 Å². The molecule has 4 unspecified atom stereocenters. The Morgan fingerprint density at radius 1 is 1.25 bits per heavy atom. The van der Waals surface area contributed by atoms with Crippen molar-refractivity contribution in [2.75, 3.05) is 13.2 Å². The van der Waals surface area contributed by atoms with Gasteiger partial charge >= 0.3 is 0 Å². The molecule has 3 N–H and O–H groups in total. The summed E-state index contributed by atoms with van der Waals surface area (Å²) in [4.78, 5) is 28.2. The van der Waals surface area contributed by atoms with Gasteiger partial charge in [0.15, 0.2) is 0 Å². The van der Waals surface area contributed by atoms with E-state index < -0.39 is 24.2 Å². The number of carbonyl (C=O) groups is 2. The summed E-state index contributed by atoms with van der Waals surface area (Å²) in [6.45, 7) is 3.69. The van der Waals surface area contributed by atoms with E-state index >= 15 is 0 Å². The number of hydrogen-bond donors (Lipinski definition) is 3. The lowest BCUT2D eigenvalue weighted by molar-refractivity contribution is -0.140. The molecule has 4 atom stereocenters. The summed E-state index contributed by atoms with van der Waals surface area (Å²) in [5, 5.41) is 23.4. The van der Waals surface area contributed by atoms with E-state index in [0.717, 1.165) is 31.2 Å². The Kier molecular flexibility index (Phi) is 6.96. The molecule has 1 saturated carbocycles. The van der Waals surface area contributed by atoms with Crippen LogP contribution in [-0.2, 0) is 9.59 Å². The SMILES string of the molecule is C=CCCC(=O)N(C1CCCC1)C1C=C(C(=O)NCCO)C2c3ccccc3OC2C1O. The summed E-state index contributed by atoms with van der Waals surface area (Å²) >= 11 is 0. The Hall–Kier alpha value is -2.64. The molecule has 7 nitrogen and oxygen atoms in total. The molecule has 1 aromatic rings. The van der Waals surface area contributed by atoms with Gasteiger partial charge in [0.2, 0.25) is 11.8 Å². The molecule has 0 saturated heterocycles. The van der Waals surface area contributed by atoms with Crippen molar-refractivity contribution >= 4 is 11.8 Å². The number of ether oxygens (including phenoxy) is 1.